The van der Waals surface area contributed by atoms with Gasteiger partial charge in [-0.05, 0) is 30.9 Å². The van der Waals surface area contributed by atoms with Crippen LogP contribution in [0.1, 0.15) is 56.0 Å². The molecule has 1 aliphatic carbocycles. The summed E-state index contributed by atoms with van der Waals surface area (Å²) in [6.45, 7) is 2.04. The lowest BCUT2D eigenvalue weighted by molar-refractivity contribution is 0.111. The second-order valence-corrected chi connectivity index (χ2v) is 5.90. The number of aliphatic hydroxyl groups excluding tert-OH is 1. The Hall–Kier alpha value is -1.28. The van der Waals surface area contributed by atoms with Gasteiger partial charge < -0.3 is 9.52 Å². The van der Waals surface area contributed by atoms with E-state index in [4.69, 9.17) is 4.42 Å². The van der Waals surface area contributed by atoms with E-state index >= 15 is 0 Å². The number of hydrogen-bond donors (Lipinski definition) is 1. The Morgan fingerprint density at radius 1 is 1.26 bits per heavy atom. The van der Waals surface area contributed by atoms with Crippen LogP contribution in [0.2, 0.25) is 0 Å². The maximum atomic E-state index is 10.4. The number of furan rings is 1. The van der Waals surface area contributed by atoms with Gasteiger partial charge in [0.1, 0.15) is 17.4 Å². The molecule has 0 saturated heterocycles. The molecule has 1 aromatic heterocycles. The van der Waals surface area contributed by atoms with Crippen LogP contribution in [0.15, 0.2) is 28.7 Å². The van der Waals surface area contributed by atoms with E-state index in [1.165, 1.54) is 32.1 Å². The summed E-state index contributed by atoms with van der Waals surface area (Å²) in [7, 11) is 0. The van der Waals surface area contributed by atoms with Gasteiger partial charge in [0.05, 0.1) is 0 Å². The largest absolute Gasteiger partial charge is 0.458 e. The first-order valence-electron chi connectivity index (χ1n) is 7.41. The summed E-state index contributed by atoms with van der Waals surface area (Å²) in [6, 6.07) is 8.12. The molecular formula is C17H22O2. The minimum absolute atomic E-state index is 0.449. The molecule has 1 fully saturated rings. The molecule has 2 aromatic rings. The van der Waals surface area contributed by atoms with Crippen LogP contribution in [-0.2, 0) is 0 Å². The van der Waals surface area contributed by atoms with Crippen LogP contribution in [0.5, 0.6) is 0 Å². The summed E-state index contributed by atoms with van der Waals surface area (Å²) in [5.41, 5.74) is 2.05. The topological polar surface area (TPSA) is 33.4 Å². The average Bonchev–Trinajstić information content (AvgIpc) is 2.85. The highest BCUT2D eigenvalue weighted by molar-refractivity contribution is 5.80. The Bertz CT molecular complexity index is 549. The van der Waals surface area contributed by atoms with Gasteiger partial charge in [-0.15, -0.1) is 0 Å². The third-order valence-electron chi connectivity index (χ3n) is 4.37. The zero-order valence-corrected chi connectivity index (χ0v) is 11.6. The Labute approximate surface area is 114 Å². The second-order valence-electron chi connectivity index (χ2n) is 5.90. The fourth-order valence-electron chi connectivity index (χ4n) is 3.25. The predicted molar refractivity (Wildman–Crippen MR) is 77.1 cm³/mol. The highest BCUT2D eigenvalue weighted by Gasteiger charge is 2.21. The zero-order valence-electron chi connectivity index (χ0n) is 11.6. The van der Waals surface area contributed by atoms with E-state index in [0.29, 0.717) is 5.92 Å². The lowest BCUT2D eigenvalue weighted by atomic mass is 9.85. The second kappa shape index (κ2) is 5.38. The molecule has 1 heterocycles. The van der Waals surface area contributed by atoms with Gasteiger partial charge in [0.15, 0.2) is 0 Å². The van der Waals surface area contributed by atoms with Gasteiger partial charge in [0.2, 0.25) is 0 Å². The van der Waals surface area contributed by atoms with Gasteiger partial charge >= 0.3 is 0 Å². The quantitative estimate of drug-likeness (QED) is 0.862. The lowest BCUT2D eigenvalue weighted by Gasteiger charge is -2.23. The van der Waals surface area contributed by atoms with Crippen LogP contribution in [0, 0.1) is 12.8 Å². The molecule has 0 spiro atoms. The smallest absolute Gasteiger partial charge is 0.137 e. The summed E-state index contributed by atoms with van der Waals surface area (Å²) in [4.78, 5) is 0. The number of hydrogen-bond acceptors (Lipinski definition) is 2. The number of rotatable bonds is 3. The molecule has 1 aromatic carbocycles. The molecule has 1 aliphatic rings. The van der Waals surface area contributed by atoms with Crippen LogP contribution in [0.4, 0.5) is 0 Å². The Kier molecular flexibility index (Phi) is 3.61. The van der Waals surface area contributed by atoms with Crippen LogP contribution >= 0.6 is 0 Å². The summed E-state index contributed by atoms with van der Waals surface area (Å²) < 4.78 is 5.85. The van der Waals surface area contributed by atoms with Crippen molar-refractivity contribution in [3.05, 3.63) is 35.6 Å². The summed E-state index contributed by atoms with van der Waals surface area (Å²) >= 11 is 0. The molecule has 1 atom stereocenters. The highest BCUT2D eigenvalue weighted by atomic mass is 16.4. The van der Waals surface area contributed by atoms with Crippen molar-refractivity contribution in [3.63, 3.8) is 0 Å². The van der Waals surface area contributed by atoms with Gasteiger partial charge in [-0.25, -0.2) is 0 Å². The molecular weight excluding hydrogens is 236 g/mol. The molecule has 0 bridgehead atoms. The number of benzene rings is 1. The highest BCUT2D eigenvalue weighted by Crippen LogP contribution is 2.34. The molecule has 1 saturated carbocycles. The van der Waals surface area contributed by atoms with Gasteiger partial charge in [-0.1, -0.05) is 50.3 Å². The van der Waals surface area contributed by atoms with Crippen LogP contribution in [-0.4, -0.2) is 5.11 Å². The fraction of sp³-hybridized carbons (Fsp3) is 0.529. The van der Waals surface area contributed by atoms with Crippen LogP contribution < -0.4 is 0 Å². The molecule has 1 unspecified atom stereocenters. The maximum absolute atomic E-state index is 10.4. The van der Waals surface area contributed by atoms with Crippen LogP contribution in [0.25, 0.3) is 11.0 Å². The third kappa shape index (κ3) is 2.69. The number of para-hydroxylation sites is 1. The van der Waals surface area contributed by atoms with Crippen molar-refractivity contribution in [1.29, 1.82) is 0 Å². The van der Waals surface area contributed by atoms with E-state index < -0.39 is 6.10 Å². The van der Waals surface area contributed by atoms with Crippen molar-refractivity contribution in [2.75, 3.05) is 0 Å². The summed E-state index contributed by atoms with van der Waals surface area (Å²) in [5.74, 6) is 1.40. The van der Waals surface area contributed by atoms with Crippen molar-refractivity contribution in [1.82, 2.24) is 0 Å². The first-order chi connectivity index (χ1) is 9.24. The SMILES string of the molecule is Cc1cccc2cc(C(O)CC3CCCCC3)oc12. The van der Waals surface area contributed by atoms with Gasteiger partial charge in [-0.2, -0.15) is 0 Å². The molecule has 1 N–H and O–H groups in total. The predicted octanol–water partition coefficient (Wildman–Crippen LogP) is 4.75. The molecule has 0 aliphatic heterocycles. The monoisotopic (exact) mass is 258 g/mol. The Balaban J connectivity index is 1.77. The van der Waals surface area contributed by atoms with E-state index in [9.17, 15) is 5.11 Å². The fourth-order valence-corrected chi connectivity index (χ4v) is 3.25. The minimum atomic E-state index is -0.449. The van der Waals surface area contributed by atoms with E-state index in [0.717, 1.165) is 28.7 Å². The first kappa shape index (κ1) is 12.7. The molecule has 3 rings (SSSR count). The van der Waals surface area contributed by atoms with Crippen LogP contribution in [0.3, 0.4) is 0 Å². The number of fused-ring (bicyclic) bond motifs is 1. The summed E-state index contributed by atoms with van der Waals surface area (Å²) in [6.07, 6.45) is 6.91. The van der Waals surface area contributed by atoms with Gasteiger partial charge in [-0.3, -0.25) is 0 Å². The third-order valence-corrected chi connectivity index (χ3v) is 4.37. The van der Waals surface area contributed by atoms with E-state index in [-0.39, 0.29) is 0 Å². The molecule has 2 heteroatoms. The van der Waals surface area contributed by atoms with Gasteiger partial charge in [0, 0.05) is 5.39 Å². The lowest BCUT2D eigenvalue weighted by Crippen LogP contribution is -2.10. The van der Waals surface area contributed by atoms with E-state index in [2.05, 4.69) is 0 Å². The molecule has 19 heavy (non-hydrogen) atoms. The van der Waals surface area contributed by atoms with Crippen molar-refractivity contribution >= 4 is 11.0 Å². The van der Waals surface area contributed by atoms with Crippen molar-refractivity contribution in [2.45, 2.75) is 51.6 Å². The molecule has 102 valence electrons. The first-order valence-corrected chi connectivity index (χ1v) is 7.41. The molecule has 0 amide bonds. The van der Waals surface area contributed by atoms with Gasteiger partial charge in [0.25, 0.3) is 0 Å². The standard InChI is InChI=1S/C17H22O2/c1-12-6-5-9-14-11-16(19-17(12)14)15(18)10-13-7-3-2-4-8-13/h5-6,9,11,13,15,18H,2-4,7-8,10H2,1H3. The average molecular weight is 258 g/mol. The van der Waals surface area contributed by atoms with E-state index in [1.54, 1.807) is 0 Å². The Morgan fingerprint density at radius 3 is 2.79 bits per heavy atom. The van der Waals surface area contributed by atoms with Crippen molar-refractivity contribution in [2.24, 2.45) is 5.92 Å². The molecule has 0 radical (unpaired) electrons. The Morgan fingerprint density at radius 2 is 2.05 bits per heavy atom. The normalized spacial score (nSPS) is 18.8. The van der Waals surface area contributed by atoms with Crippen molar-refractivity contribution in [3.8, 4) is 0 Å². The molecule has 2 nitrogen and oxygen atoms in total. The number of aryl methyl sites for hydroxylation is 1. The van der Waals surface area contributed by atoms with Crippen molar-refractivity contribution < 1.29 is 9.52 Å². The zero-order chi connectivity index (χ0) is 13.2. The maximum Gasteiger partial charge on any atom is 0.137 e. The van der Waals surface area contributed by atoms with E-state index in [1.807, 2.05) is 31.2 Å². The number of aliphatic hydroxyl groups is 1. The minimum Gasteiger partial charge on any atom is -0.458 e. The summed E-state index contributed by atoms with van der Waals surface area (Å²) in [5, 5.41) is 11.5.